The summed E-state index contributed by atoms with van der Waals surface area (Å²) in [6.07, 6.45) is 0. The van der Waals surface area contributed by atoms with E-state index in [1.165, 1.54) is 11.3 Å². The Morgan fingerprint density at radius 3 is 2.81 bits per heavy atom. The second-order valence-electron chi connectivity index (χ2n) is 3.48. The molecule has 0 saturated heterocycles. The van der Waals surface area contributed by atoms with Crippen molar-refractivity contribution in [3.05, 3.63) is 20.8 Å². The molecule has 0 fully saturated rings. The summed E-state index contributed by atoms with van der Waals surface area (Å²) in [5, 5.41) is 8.74. The van der Waals surface area contributed by atoms with Crippen molar-refractivity contribution in [2.45, 2.75) is 13.8 Å². The van der Waals surface area contributed by atoms with E-state index in [1.54, 1.807) is 11.0 Å². The van der Waals surface area contributed by atoms with Gasteiger partial charge in [-0.05, 0) is 41.9 Å². The average molecular weight is 301 g/mol. The van der Waals surface area contributed by atoms with Crippen LogP contribution in [0.5, 0.6) is 0 Å². The Bertz CT molecular complexity index is 410. The van der Waals surface area contributed by atoms with E-state index in [4.69, 9.17) is 5.26 Å². The highest BCUT2D eigenvalue weighted by atomic mass is 79.9. The first kappa shape index (κ1) is 13.2. The van der Waals surface area contributed by atoms with Gasteiger partial charge in [0.15, 0.2) is 0 Å². The van der Waals surface area contributed by atoms with E-state index in [0.717, 1.165) is 3.79 Å². The molecule has 0 aliphatic carbocycles. The molecule has 1 amide bonds. The van der Waals surface area contributed by atoms with Crippen molar-refractivity contribution in [2.24, 2.45) is 5.92 Å². The van der Waals surface area contributed by atoms with Crippen LogP contribution in [-0.2, 0) is 0 Å². The first-order chi connectivity index (χ1) is 7.58. The molecule has 0 saturated carbocycles. The normalized spacial score (nSPS) is 11.9. The molecule has 1 atom stereocenters. The zero-order chi connectivity index (χ0) is 12.1. The van der Waals surface area contributed by atoms with Crippen LogP contribution >= 0.6 is 27.3 Å². The third-order valence-corrected chi connectivity index (χ3v) is 3.78. The van der Waals surface area contributed by atoms with Crippen molar-refractivity contribution in [2.75, 3.05) is 13.1 Å². The van der Waals surface area contributed by atoms with Crippen LogP contribution in [0.4, 0.5) is 0 Å². The molecular weight excluding hydrogens is 288 g/mol. The highest BCUT2D eigenvalue weighted by molar-refractivity contribution is 9.11. The van der Waals surface area contributed by atoms with E-state index in [1.807, 2.05) is 19.9 Å². The molecule has 5 heteroatoms. The maximum Gasteiger partial charge on any atom is 0.263 e. The molecule has 0 spiro atoms. The average Bonchev–Trinajstić information content (AvgIpc) is 2.71. The van der Waals surface area contributed by atoms with Crippen LogP contribution in [0.1, 0.15) is 23.5 Å². The van der Waals surface area contributed by atoms with Gasteiger partial charge < -0.3 is 4.90 Å². The fourth-order valence-electron chi connectivity index (χ4n) is 1.31. The van der Waals surface area contributed by atoms with Crippen molar-refractivity contribution >= 4 is 33.2 Å². The highest BCUT2D eigenvalue weighted by Crippen LogP contribution is 2.23. The monoisotopic (exact) mass is 300 g/mol. The Morgan fingerprint density at radius 2 is 2.38 bits per heavy atom. The Morgan fingerprint density at radius 1 is 1.69 bits per heavy atom. The number of amides is 1. The number of thiophene rings is 1. The second-order valence-corrected chi connectivity index (χ2v) is 5.94. The summed E-state index contributed by atoms with van der Waals surface area (Å²) in [7, 11) is 0. The van der Waals surface area contributed by atoms with Gasteiger partial charge in [-0.2, -0.15) is 5.26 Å². The molecule has 0 N–H and O–H groups in total. The molecule has 1 aromatic rings. The molecule has 1 rings (SSSR count). The van der Waals surface area contributed by atoms with Gasteiger partial charge in [0, 0.05) is 13.1 Å². The van der Waals surface area contributed by atoms with Crippen LogP contribution in [0.15, 0.2) is 15.9 Å². The standard InChI is InChI=1S/C11H13BrN2OS/c1-3-14(7-8(2)6-13)11(15)9-4-5-10(12)16-9/h4-5,8H,3,7H2,1-2H3/t8-/m0/s1. The topological polar surface area (TPSA) is 44.1 Å². The fraction of sp³-hybridized carbons (Fsp3) is 0.455. The smallest absolute Gasteiger partial charge is 0.263 e. The zero-order valence-corrected chi connectivity index (χ0v) is 11.6. The van der Waals surface area contributed by atoms with Gasteiger partial charge in [0.05, 0.1) is 20.7 Å². The van der Waals surface area contributed by atoms with E-state index in [-0.39, 0.29) is 11.8 Å². The van der Waals surface area contributed by atoms with Crippen LogP contribution in [0.25, 0.3) is 0 Å². The number of hydrogen-bond donors (Lipinski definition) is 0. The summed E-state index contributed by atoms with van der Waals surface area (Å²) in [6, 6.07) is 5.80. The molecule has 0 unspecified atom stereocenters. The van der Waals surface area contributed by atoms with Gasteiger partial charge >= 0.3 is 0 Å². The minimum atomic E-state index is -0.132. The highest BCUT2D eigenvalue weighted by Gasteiger charge is 2.17. The van der Waals surface area contributed by atoms with E-state index in [0.29, 0.717) is 18.0 Å². The number of carbonyl (C=O) groups excluding carboxylic acids is 1. The van der Waals surface area contributed by atoms with Crippen molar-refractivity contribution < 1.29 is 4.79 Å². The zero-order valence-electron chi connectivity index (χ0n) is 9.24. The molecule has 0 aromatic carbocycles. The summed E-state index contributed by atoms with van der Waals surface area (Å²) >= 11 is 4.75. The predicted octanol–water partition coefficient (Wildman–Crippen LogP) is 3.13. The molecular formula is C11H13BrN2OS. The summed E-state index contributed by atoms with van der Waals surface area (Å²) in [6.45, 7) is 4.85. The molecule has 0 aliphatic heterocycles. The van der Waals surface area contributed by atoms with E-state index in [9.17, 15) is 4.79 Å². The minimum Gasteiger partial charge on any atom is -0.337 e. The molecule has 16 heavy (non-hydrogen) atoms. The Hall–Kier alpha value is -0.860. The lowest BCUT2D eigenvalue weighted by molar-refractivity contribution is 0.0757. The lowest BCUT2D eigenvalue weighted by atomic mass is 10.2. The van der Waals surface area contributed by atoms with Gasteiger partial charge in [0.2, 0.25) is 0 Å². The lowest BCUT2D eigenvalue weighted by Gasteiger charge is -2.21. The number of rotatable bonds is 4. The minimum absolute atomic E-state index is 0.000278. The third kappa shape index (κ3) is 3.32. The molecule has 3 nitrogen and oxygen atoms in total. The first-order valence-electron chi connectivity index (χ1n) is 5.02. The molecule has 1 heterocycles. The summed E-state index contributed by atoms with van der Waals surface area (Å²) < 4.78 is 0.945. The number of nitrogens with zero attached hydrogens (tertiary/aromatic N) is 2. The van der Waals surface area contributed by atoms with Crippen molar-refractivity contribution in [1.82, 2.24) is 4.90 Å². The van der Waals surface area contributed by atoms with E-state index >= 15 is 0 Å². The Labute approximate surface area is 108 Å². The van der Waals surface area contributed by atoms with E-state index in [2.05, 4.69) is 22.0 Å². The second kappa shape index (κ2) is 6.02. The van der Waals surface area contributed by atoms with Gasteiger partial charge in [-0.1, -0.05) is 0 Å². The van der Waals surface area contributed by atoms with Crippen molar-refractivity contribution in [1.29, 1.82) is 5.26 Å². The largest absolute Gasteiger partial charge is 0.337 e. The van der Waals surface area contributed by atoms with Crippen molar-refractivity contribution in [3.63, 3.8) is 0 Å². The van der Waals surface area contributed by atoms with Crippen LogP contribution in [-0.4, -0.2) is 23.9 Å². The maximum atomic E-state index is 12.0. The van der Waals surface area contributed by atoms with Crippen LogP contribution in [0, 0.1) is 17.2 Å². The first-order valence-corrected chi connectivity index (χ1v) is 6.63. The van der Waals surface area contributed by atoms with Crippen molar-refractivity contribution in [3.8, 4) is 6.07 Å². The molecule has 0 radical (unpaired) electrons. The van der Waals surface area contributed by atoms with Crippen LogP contribution < -0.4 is 0 Å². The molecule has 86 valence electrons. The third-order valence-electron chi connectivity index (χ3n) is 2.17. The molecule has 0 aliphatic rings. The fourth-order valence-corrected chi connectivity index (χ4v) is 2.67. The lowest BCUT2D eigenvalue weighted by Crippen LogP contribution is -2.33. The molecule has 0 bridgehead atoms. The van der Waals surface area contributed by atoms with E-state index < -0.39 is 0 Å². The predicted molar refractivity (Wildman–Crippen MR) is 68.4 cm³/mol. The molecule has 1 aromatic heterocycles. The summed E-state index contributed by atoms with van der Waals surface area (Å²) in [5.41, 5.74) is 0. The maximum absolute atomic E-state index is 12.0. The number of hydrogen-bond acceptors (Lipinski definition) is 3. The number of halogens is 1. The Kier molecular flexibility index (Phi) is 4.97. The van der Waals surface area contributed by atoms with Crippen LogP contribution in [0.3, 0.4) is 0 Å². The van der Waals surface area contributed by atoms with Gasteiger partial charge in [-0.25, -0.2) is 0 Å². The quantitative estimate of drug-likeness (QED) is 0.857. The number of carbonyl (C=O) groups is 1. The summed E-state index contributed by atoms with van der Waals surface area (Å²) in [4.78, 5) is 14.5. The van der Waals surface area contributed by atoms with Gasteiger partial charge in [-0.15, -0.1) is 11.3 Å². The van der Waals surface area contributed by atoms with Crippen LogP contribution in [0.2, 0.25) is 0 Å². The van der Waals surface area contributed by atoms with Gasteiger partial charge in [-0.3, -0.25) is 4.79 Å². The van der Waals surface area contributed by atoms with Gasteiger partial charge in [0.25, 0.3) is 5.91 Å². The van der Waals surface area contributed by atoms with Gasteiger partial charge in [0.1, 0.15) is 0 Å². The summed E-state index contributed by atoms with van der Waals surface area (Å²) in [5.74, 6) is -0.132. The number of nitriles is 1. The SMILES string of the molecule is CCN(C[C@@H](C)C#N)C(=O)c1ccc(Br)s1. The Balaban J connectivity index is 2.74.